The number of aryl methyl sites for hydroxylation is 1. The van der Waals surface area contributed by atoms with E-state index in [9.17, 15) is 4.79 Å². The monoisotopic (exact) mass is 391 g/mol. The number of aromatic nitrogens is 2. The lowest BCUT2D eigenvalue weighted by Crippen LogP contribution is -2.39. The molecule has 29 heavy (non-hydrogen) atoms. The van der Waals surface area contributed by atoms with E-state index < -0.39 is 0 Å². The number of rotatable bonds is 5. The van der Waals surface area contributed by atoms with Gasteiger partial charge < -0.3 is 14.2 Å². The van der Waals surface area contributed by atoms with E-state index in [2.05, 4.69) is 10.1 Å². The maximum absolute atomic E-state index is 12.7. The van der Waals surface area contributed by atoms with Gasteiger partial charge in [-0.25, -0.2) is 0 Å². The average molecular weight is 391 g/mol. The Balaban J connectivity index is 1.37. The van der Waals surface area contributed by atoms with Crippen LogP contribution in [0, 0.1) is 6.92 Å². The third-order valence-corrected chi connectivity index (χ3v) is 5.57. The summed E-state index contributed by atoms with van der Waals surface area (Å²) in [5, 5.41) is 4.19. The smallest absolute Gasteiger partial charge is 0.258 e. The van der Waals surface area contributed by atoms with Gasteiger partial charge in [0.15, 0.2) is 5.82 Å². The van der Waals surface area contributed by atoms with E-state index in [1.807, 2.05) is 60.4 Å². The van der Waals surface area contributed by atoms with Gasteiger partial charge in [-0.1, -0.05) is 35.5 Å². The molecule has 1 saturated heterocycles. The number of ether oxygens (including phenoxy) is 1. The van der Waals surface area contributed by atoms with Gasteiger partial charge in [0.1, 0.15) is 5.75 Å². The lowest BCUT2D eigenvalue weighted by Gasteiger charge is -2.30. The number of piperidine rings is 1. The van der Waals surface area contributed by atoms with Gasteiger partial charge in [-0.15, -0.1) is 0 Å². The highest BCUT2D eigenvalue weighted by Gasteiger charge is 2.27. The molecule has 0 N–H and O–H groups in total. The second-order valence-corrected chi connectivity index (χ2v) is 7.45. The summed E-state index contributed by atoms with van der Waals surface area (Å²) in [4.78, 5) is 19.2. The first kappa shape index (κ1) is 19.2. The molecule has 150 valence electrons. The third kappa shape index (κ3) is 4.31. The quantitative estimate of drug-likeness (QED) is 0.657. The van der Waals surface area contributed by atoms with Crippen LogP contribution in [0.3, 0.4) is 0 Å². The molecule has 1 amide bonds. The zero-order valence-corrected chi connectivity index (χ0v) is 16.8. The molecule has 2 aromatic carbocycles. The van der Waals surface area contributed by atoms with E-state index >= 15 is 0 Å². The Kier molecular flexibility index (Phi) is 5.60. The molecule has 6 nitrogen and oxygen atoms in total. The van der Waals surface area contributed by atoms with E-state index in [1.54, 1.807) is 7.11 Å². The summed E-state index contributed by atoms with van der Waals surface area (Å²) in [6, 6.07) is 15.6. The van der Waals surface area contributed by atoms with Gasteiger partial charge in [0, 0.05) is 24.6 Å². The maximum Gasteiger partial charge on any atom is 0.258 e. The molecule has 0 spiro atoms. The summed E-state index contributed by atoms with van der Waals surface area (Å²) in [5.41, 5.74) is 3.10. The van der Waals surface area contributed by atoms with Crippen molar-refractivity contribution in [2.45, 2.75) is 32.1 Å². The number of hydrogen-bond donors (Lipinski definition) is 0. The fourth-order valence-electron chi connectivity index (χ4n) is 3.74. The molecule has 0 saturated carbocycles. The minimum atomic E-state index is 0.183. The maximum atomic E-state index is 12.7. The molecule has 6 heteroatoms. The highest BCUT2D eigenvalue weighted by Crippen LogP contribution is 2.29. The second kappa shape index (κ2) is 8.47. The molecule has 1 aliphatic rings. The van der Waals surface area contributed by atoms with Crippen LogP contribution in [0.25, 0.3) is 11.5 Å². The first-order chi connectivity index (χ1) is 14.1. The van der Waals surface area contributed by atoms with Crippen molar-refractivity contribution in [3.8, 4) is 17.2 Å². The Morgan fingerprint density at radius 3 is 2.72 bits per heavy atom. The van der Waals surface area contributed by atoms with Gasteiger partial charge in [0.25, 0.3) is 5.89 Å². The predicted octanol–water partition coefficient (Wildman–Crippen LogP) is 4.00. The van der Waals surface area contributed by atoms with Crippen LogP contribution in [0.15, 0.2) is 53.1 Å². The number of hydrogen-bond acceptors (Lipinski definition) is 5. The molecule has 0 aliphatic carbocycles. The van der Waals surface area contributed by atoms with Crippen LogP contribution in [0.5, 0.6) is 5.75 Å². The van der Waals surface area contributed by atoms with E-state index in [0.717, 1.165) is 48.4 Å². The summed E-state index contributed by atoms with van der Waals surface area (Å²) < 4.78 is 10.7. The van der Waals surface area contributed by atoms with E-state index in [-0.39, 0.29) is 11.8 Å². The van der Waals surface area contributed by atoms with E-state index in [4.69, 9.17) is 9.26 Å². The number of methoxy groups -OCH3 is 1. The fourth-order valence-corrected chi connectivity index (χ4v) is 3.74. The molecule has 1 fully saturated rings. The Hall–Kier alpha value is -3.15. The Morgan fingerprint density at radius 2 is 1.97 bits per heavy atom. The lowest BCUT2D eigenvalue weighted by molar-refractivity contribution is -0.131. The lowest BCUT2D eigenvalue weighted by atomic mass is 9.95. The number of carbonyl (C=O) groups excluding carboxylic acids is 1. The Bertz CT molecular complexity index is 990. The van der Waals surface area contributed by atoms with E-state index in [0.29, 0.717) is 18.1 Å². The van der Waals surface area contributed by atoms with Crippen LogP contribution in [0.1, 0.15) is 35.7 Å². The van der Waals surface area contributed by atoms with Crippen molar-refractivity contribution in [1.82, 2.24) is 15.0 Å². The number of likely N-dealkylation sites (tertiary alicyclic amines) is 1. The summed E-state index contributed by atoms with van der Waals surface area (Å²) in [6.45, 7) is 3.49. The molecular weight excluding hydrogens is 366 g/mol. The molecule has 0 radical (unpaired) electrons. The van der Waals surface area contributed by atoms with Crippen molar-refractivity contribution in [1.29, 1.82) is 0 Å². The summed E-state index contributed by atoms with van der Waals surface area (Å²) in [6.07, 6.45) is 2.15. The fraction of sp³-hybridized carbons (Fsp3) is 0.348. The molecular formula is C23H25N3O3. The topological polar surface area (TPSA) is 68.5 Å². The van der Waals surface area contributed by atoms with Crippen LogP contribution < -0.4 is 4.74 Å². The molecule has 2 heterocycles. The SMILES string of the molecule is COc1cccc(-c2nc(C3CCN(C(=O)Cc4ccccc4C)CC3)no2)c1. The van der Waals surface area contributed by atoms with Gasteiger partial charge in [0.2, 0.25) is 5.91 Å². The first-order valence-electron chi connectivity index (χ1n) is 9.94. The van der Waals surface area contributed by atoms with E-state index in [1.165, 1.54) is 0 Å². The van der Waals surface area contributed by atoms with Gasteiger partial charge >= 0.3 is 0 Å². The third-order valence-electron chi connectivity index (χ3n) is 5.57. The molecule has 1 aliphatic heterocycles. The molecule has 0 unspecified atom stereocenters. The van der Waals surface area contributed by atoms with Crippen molar-refractivity contribution < 1.29 is 14.1 Å². The number of benzene rings is 2. The van der Waals surface area contributed by atoms with Crippen LogP contribution >= 0.6 is 0 Å². The largest absolute Gasteiger partial charge is 0.497 e. The first-order valence-corrected chi connectivity index (χ1v) is 9.94. The van der Waals surface area contributed by atoms with Gasteiger partial charge in [0.05, 0.1) is 13.5 Å². The minimum absolute atomic E-state index is 0.183. The van der Waals surface area contributed by atoms with Gasteiger partial charge in [-0.05, 0) is 49.1 Å². The second-order valence-electron chi connectivity index (χ2n) is 7.45. The predicted molar refractivity (Wildman–Crippen MR) is 110 cm³/mol. The highest BCUT2D eigenvalue weighted by atomic mass is 16.5. The van der Waals surface area contributed by atoms with Gasteiger partial charge in [-0.2, -0.15) is 4.98 Å². The van der Waals surface area contributed by atoms with Crippen molar-refractivity contribution in [3.63, 3.8) is 0 Å². The highest BCUT2D eigenvalue weighted by molar-refractivity contribution is 5.79. The molecule has 0 atom stereocenters. The van der Waals surface area contributed by atoms with Crippen molar-refractivity contribution >= 4 is 5.91 Å². The summed E-state index contributed by atoms with van der Waals surface area (Å²) >= 11 is 0. The normalized spacial score (nSPS) is 14.8. The van der Waals surface area contributed by atoms with Gasteiger partial charge in [-0.3, -0.25) is 4.79 Å². The average Bonchev–Trinajstić information content (AvgIpc) is 3.26. The molecule has 1 aromatic heterocycles. The van der Waals surface area contributed by atoms with Crippen LogP contribution in [-0.4, -0.2) is 41.1 Å². The molecule has 0 bridgehead atoms. The van der Waals surface area contributed by atoms with Crippen LogP contribution in [0.2, 0.25) is 0 Å². The number of amides is 1. The zero-order chi connectivity index (χ0) is 20.2. The number of carbonyl (C=O) groups is 1. The summed E-state index contributed by atoms with van der Waals surface area (Å²) in [5.74, 6) is 2.36. The standard InChI is InChI=1S/C23H25N3O3/c1-16-6-3-4-7-18(16)15-21(27)26-12-10-17(11-13-26)22-24-23(29-25-22)19-8-5-9-20(14-19)28-2/h3-9,14,17H,10-13,15H2,1-2H3. The van der Waals surface area contributed by atoms with Crippen molar-refractivity contribution in [2.24, 2.45) is 0 Å². The Labute approximate surface area is 170 Å². The van der Waals surface area contributed by atoms with Crippen molar-refractivity contribution in [3.05, 3.63) is 65.5 Å². The van der Waals surface area contributed by atoms with Crippen LogP contribution in [0.4, 0.5) is 0 Å². The number of nitrogens with zero attached hydrogens (tertiary/aromatic N) is 3. The minimum Gasteiger partial charge on any atom is -0.497 e. The van der Waals surface area contributed by atoms with Crippen molar-refractivity contribution in [2.75, 3.05) is 20.2 Å². The molecule has 4 rings (SSSR count). The Morgan fingerprint density at radius 1 is 1.17 bits per heavy atom. The van der Waals surface area contributed by atoms with Crippen LogP contribution in [-0.2, 0) is 11.2 Å². The summed E-state index contributed by atoms with van der Waals surface area (Å²) in [7, 11) is 1.63. The molecule has 3 aromatic rings. The zero-order valence-electron chi connectivity index (χ0n) is 16.8.